The minimum atomic E-state index is -0.223. The first-order valence-corrected chi connectivity index (χ1v) is 4.38. The molecule has 0 aliphatic carbocycles. The lowest BCUT2D eigenvalue weighted by molar-refractivity contribution is -0.127. The molecule has 1 aromatic carbocycles. The summed E-state index contributed by atoms with van der Waals surface area (Å²) in [6, 6.07) is 6.98. The molecular formula is C9H7BrO3. The zero-order chi connectivity index (χ0) is 9.68. The van der Waals surface area contributed by atoms with E-state index >= 15 is 0 Å². The SMILES string of the molecule is O=COCC(=O)c1ccccc1Br. The Morgan fingerprint density at radius 1 is 1.46 bits per heavy atom. The van der Waals surface area contributed by atoms with Crippen molar-refractivity contribution in [3.8, 4) is 0 Å². The predicted molar refractivity (Wildman–Crippen MR) is 50.5 cm³/mol. The van der Waals surface area contributed by atoms with E-state index < -0.39 is 0 Å². The molecule has 0 heterocycles. The van der Waals surface area contributed by atoms with Crippen LogP contribution >= 0.6 is 15.9 Å². The van der Waals surface area contributed by atoms with Crippen molar-refractivity contribution in [2.24, 2.45) is 0 Å². The topological polar surface area (TPSA) is 43.4 Å². The number of hydrogen-bond acceptors (Lipinski definition) is 3. The highest BCUT2D eigenvalue weighted by Gasteiger charge is 2.08. The first-order valence-electron chi connectivity index (χ1n) is 3.58. The van der Waals surface area contributed by atoms with Crippen molar-refractivity contribution in [3.05, 3.63) is 34.3 Å². The molecule has 68 valence electrons. The van der Waals surface area contributed by atoms with Gasteiger partial charge in [-0.15, -0.1) is 0 Å². The normalized spacial score (nSPS) is 9.31. The van der Waals surface area contributed by atoms with Gasteiger partial charge in [0.15, 0.2) is 6.61 Å². The van der Waals surface area contributed by atoms with Crippen molar-refractivity contribution < 1.29 is 14.3 Å². The number of rotatable bonds is 4. The molecule has 1 aromatic rings. The largest absolute Gasteiger partial charge is 0.459 e. The average Bonchev–Trinajstić information content (AvgIpc) is 2.15. The van der Waals surface area contributed by atoms with Crippen molar-refractivity contribution in [2.45, 2.75) is 0 Å². The molecule has 0 radical (unpaired) electrons. The second-order valence-electron chi connectivity index (χ2n) is 2.31. The van der Waals surface area contributed by atoms with E-state index in [1.54, 1.807) is 24.3 Å². The van der Waals surface area contributed by atoms with Gasteiger partial charge in [-0.1, -0.05) is 34.1 Å². The number of ether oxygens (including phenoxy) is 1. The van der Waals surface area contributed by atoms with Gasteiger partial charge in [-0.05, 0) is 6.07 Å². The Hall–Kier alpha value is -1.16. The molecule has 0 fully saturated rings. The van der Waals surface area contributed by atoms with Gasteiger partial charge in [-0.2, -0.15) is 0 Å². The minimum absolute atomic E-state index is 0.216. The van der Waals surface area contributed by atoms with Gasteiger partial charge in [0.2, 0.25) is 5.78 Å². The van der Waals surface area contributed by atoms with Crippen LogP contribution in [-0.2, 0) is 9.53 Å². The summed E-state index contributed by atoms with van der Waals surface area (Å²) < 4.78 is 5.06. The summed E-state index contributed by atoms with van der Waals surface area (Å²) >= 11 is 3.22. The summed E-state index contributed by atoms with van der Waals surface area (Å²) in [5.41, 5.74) is 0.518. The summed E-state index contributed by atoms with van der Waals surface area (Å²) in [4.78, 5) is 21.1. The molecular weight excluding hydrogens is 236 g/mol. The van der Waals surface area contributed by atoms with Crippen LogP contribution in [0.5, 0.6) is 0 Å². The molecule has 0 aromatic heterocycles. The van der Waals surface area contributed by atoms with Crippen LogP contribution in [-0.4, -0.2) is 18.9 Å². The van der Waals surface area contributed by atoms with Crippen LogP contribution in [0.25, 0.3) is 0 Å². The second-order valence-corrected chi connectivity index (χ2v) is 3.16. The fraction of sp³-hybridized carbons (Fsp3) is 0.111. The summed E-state index contributed by atoms with van der Waals surface area (Å²) in [7, 11) is 0. The third-order valence-electron chi connectivity index (χ3n) is 1.46. The number of halogens is 1. The lowest BCUT2D eigenvalue weighted by atomic mass is 10.1. The third-order valence-corrected chi connectivity index (χ3v) is 2.15. The summed E-state index contributed by atoms with van der Waals surface area (Å²) in [6.07, 6.45) is 0. The van der Waals surface area contributed by atoms with Gasteiger partial charge in [0.1, 0.15) is 0 Å². The van der Waals surface area contributed by atoms with Gasteiger partial charge >= 0.3 is 0 Å². The monoisotopic (exact) mass is 242 g/mol. The summed E-state index contributed by atoms with van der Waals surface area (Å²) in [5.74, 6) is -0.223. The molecule has 0 aliphatic rings. The molecule has 0 unspecified atom stereocenters. The highest BCUT2D eigenvalue weighted by molar-refractivity contribution is 9.10. The van der Waals surface area contributed by atoms with Gasteiger partial charge in [0.25, 0.3) is 6.47 Å². The standard InChI is InChI=1S/C9H7BrO3/c10-8-4-2-1-3-7(8)9(12)5-13-6-11/h1-4,6H,5H2. The lowest BCUT2D eigenvalue weighted by Gasteiger charge is -2.01. The van der Waals surface area contributed by atoms with Crippen LogP contribution in [0.15, 0.2) is 28.7 Å². The van der Waals surface area contributed by atoms with Gasteiger partial charge in [-0.3, -0.25) is 9.59 Å². The Morgan fingerprint density at radius 3 is 2.77 bits per heavy atom. The molecule has 0 N–H and O–H groups in total. The maximum Gasteiger partial charge on any atom is 0.293 e. The van der Waals surface area contributed by atoms with E-state index in [2.05, 4.69) is 20.7 Å². The Kier molecular flexibility index (Phi) is 3.64. The second kappa shape index (κ2) is 4.77. The fourth-order valence-corrected chi connectivity index (χ4v) is 1.38. The third kappa shape index (κ3) is 2.66. The minimum Gasteiger partial charge on any atom is -0.459 e. The van der Waals surface area contributed by atoms with E-state index in [0.29, 0.717) is 10.0 Å². The van der Waals surface area contributed by atoms with Gasteiger partial charge in [0, 0.05) is 10.0 Å². The highest BCUT2D eigenvalue weighted by atomic mass is 79.9. The van der Waals surface area contributed by atoms with Gasteiger partial charge in [-0.25, -0.2) is 0 Å². The fourth-order valence-electron chi connectivity index (χ4n) is 0.875. The first-order chi connectivity index (χ1) is 6.25. The van der Waals surface area contributed by atoms with Crippen molar-refractivity contribution >= 4 is 28.2 Å². The number of carbonyl (C=O) groups is 2. The number of ketones is 1. The molecule has 0 saturated carbocycles. The zero-order valence-electron chi connectivity index (χ0n) is 6.70. The number of Topliss-reactive ketones (excluding diaryl/α,β-unsaturated/α-hetero) is 1. The van der Waals surface area contributed by atoms with Crippen LogP contribution in [0.2, 0.25) is 0 Å². The van der Waals surface area contributed by atoms with E-state index in [-0.39, 0.29) is 18.9 Å². The first kappa shape index (κ1) is 9.92. The van der Waals surface area contributed by atoms with Crippen LogP contribution in [0.4, 0.5) is 0 Å². The average molecular weight is 243 g/mol. The molecule has 0 saturated heterocycles. The summed E-state index contributed by atoms with van der Waals surface area (Å²) in [6.45, 7) is 0.0425. The molecule has 13 heavy (non-hydrogen) atoms. The molecule has 0 atom stereocenters. The van der Waals surface area contributed by atoms with Crippen molar-refractivity contribution in [2.75, 3.05) is 6.61 Å². The van der Waals surface area contributed by atoms with Gasteiger partial charge < -0.3 is 4.74 Å². The van der Waals surface area contributed by atoms with E-state index in [1.165, 1.54) is 0 Å². The Morgan fingerprint density at radius 2 is 2.15 bits per heavy atom. The van der Waals surface area contributed by atoms with Crippen molar-refractivity contribution in [1.82, 2.24) is 0 Å². The lowest BCUT2D eigenvalue weighted by Crippen LogP contribution is -2.08. The Labute approximate surface area is 83.8 Å². The molecule has 3 nitrogen and oxygen atoms in total. The van der Waals surface area contributed by atoms with Crippen LogP contribution in [0, 0.1) is 0 Å². The Bertz CT molecular complexity index is 322. The number of carbonyl (C=O) groups excluding carboxylic acids is 2. The molecule has 4 heteroatoms. The van der Waals surface area contributed by atoms with E-state index in [1.807, 2.05) is 0 Å². The zero-order valence-corrected chi connectivity index (χ0v) is 8.28. The summed E-state index contributed by atoms with van der Waals surface area (Å²) in [5, 5.41) is 0. The van der Waals surface area contributed by atoms with Gasteiger partial charge in [0.05, 0.1) is 0 Å². The molecule has 1 rings (SSSR count). The number of hydrogen-bond donors (Lipinski definition) is 0. The van der Waals surface area contributed by atoms with E-state index in [0.717, 1.165) is 0 Å². The maximum atomic E-state index is 11.3. The molecule has 0 amide bonds. The maximum absolute atomic E-state index is 11.3. The highest BCUT2D eigenvalue weighted by Crippen LogP contribution is 2.16. The molecule has 0 aliphatic heterocycles. The van der Waals surface area contributed by atoms with E-state index in [9.17, 15) is 9.59 Å². The van der Waals surface area contributed by atoms with Crippen molar-refractivity contribution in [1.29, 1.82) is 0 Å². The number of benzene rings is 1. The van der Waals surface area contributed by atoms with Crippen molar-refractivity contribution in [3.63, 3.8) is 0 Å². The smallest absolute Gasteiger partial charge is 0.293 e. The quantitative estimate of drug-likeness (QED) is 0.598. The Balaban J connectivity index is 2.76. The molecule has 0 bridgehead atoms. The van der Waals surface area contributed by atoms with E-state index in [4.69, 9.17) is 0 Å². The van der Waals surface area contributed by atoms with Crippen LogP contribution in [0.1, 0.15) is 10.4 Å². The predicted octanol–water partition coefficient (Wildman–Crippen LogP) is 1.80. The van der Waals surface area contributed by atoms with Crippen LogP contribution < -0.4 is 0 Å². The van der Waals surface area contributed by atoms with Crippen LogP contribution in [0.3, 0.4) is 0 Å². The molecule has 0 spiro atoms.